The molecule has 3 heterocycles. The van der Waals surface area contributed by atoms with E-state index in [1.165, 1.54) is 11.3 Å². The Kier molecular flexibility index (Phi) is 5.76. The summed E-state index contributed by atoms with van der Waals surface area (Å²) in [5.74, 6) is 0.000298. The molecule has 0 bridgehead atoms. The van der Waals surface area contributed by atoms with Gasteiger partial charge in [0.15, 0.2) is 0 Å². The summed E-state index contributed by atoms with van der Waals surface area (Å²) in [6.07, 6.45) is 4.95. The number of aryl methyl sites for hydroxylation is 2. The van der Waals surface area contributed by atoms with Gasteiger partial charge in [0.2, 0.25) is 5.91 Å². The highest BCUT2D eigenvalue weighted by Crippen LogP contribution is 2.28. The standard InChI is InChI=1S/C19H25N3O3S/c1-3-9-22-12-7-14-17(19(22)25)16(13(2)26-14)18(24)20-8-5-11-21-10-4-6-15(21)23/h7,12H,3-6,8-11H2,1-2H3,(H,20,24). The van der Waals surface area contributed by atoms with Gasteiger partial charge < -0.3 is 14.8 Å². The number of pyridine rings is 1. The van der Waals surface area contributed by atoms with E-state index in [9.17, 15) is 14.4 Å². The molecule has 26 heavy (non-hydrogen) atoms. The Labute approximate surface area is 156 Å². The van der Waals surface area contributed by atoms with Gasteiger partial charge in [0.25, 0.3) is 11.5 Å². The van der Waals surface area contributed by atoms with Gasteiger partial charge in [-0.2, -0.15) is 0 Å². The van der Waals surface area contributed by atoms with Gasteiger partial charge in [-0.05, 0) is 32.3 Å². The van der Waals surface area contributed by atoms with Crippen molar-refractivity contribution in [2.75, 3.05) is 19.6 Å². The Hall–Kier alpha value is -2.15. The SMILES string of the molecule is CCCn1ccc2sc(C)c(C(=O)NCCCN3CCCC3=O)c2c1=O. The molecule has 0 aliphatic carbocycles. The van der Waals surface area contributed by atoms with Crippen LogP contribution >= 0.6 is 11.3 Å². The summed E-state index contributed by atoms with van der Waals surface area (Å²) in [5, 5.41) is 3.44. The molecule has 7 heteroatoms. The van der Waals surface area contributed by atoms with Gasteiger partial charge in [0.05, 0.1) is 10.9 Å². The van der Waals surface area contributed by atoms with Crippen molar-refractivity contribution in [2.45, 2.75) is 46.1 Å². The van der Waals surface area contributed by atoms with E-state index >= 15 is 0 Å². The van der Waals surface area contributed by atoms with E-state index in [1.54, 1.807) is 10.8 Å². The van der Waals surface area contributed by atoms with Gasteiger partial charge in [-0.15, -0.1) is 11.3 Å². The maximum atomic E-state index is 12.7. The van der Waals surface area contributed by atoms with Crippen LogP contribution in [0.2, 0.25) is 0 Å². The minimum Gasteiger partial charge on any atom is -0.352 e. The van der Waals surface area contributed by atoms with Crippen molar-refractivity contribution in [3.63, 3.8) is 0 Å². The smallest absolute Gasteiger partial charge is 0.260 e. The lowest BCUT2D eigenvalue weighted by atomic mass is 10.1. The average molecular weight is 375 g/mol. The third-order valence-corrected chi connectivity index (χ3v) is 5.82. The molecule has 0 aromatic carbocycles. The molecule has 0 unspecified atom stereocenters. The van der Waals surface area contributed by atoms with Crippen LogP contribution in [0.1, 0.15) is 47.8 Å². The van der Waals surface area contributed by atoms with Crippen molar-refractivity contribution < 1.29 is 9.59 Å². The summed E-state index contributed by atoms with van der Waals surface area (Å²) < 4.78 is 2.53. The number of thiophene rings is 1. The fourth-order valence-corrected chi connectivity index (χ4v) is 4.50. The van der Waals surface area contributed by atoms with E-state index in [1.807, 2.05) is 24.8 Å². The maximum absolute atomic E-state index is 12.7. The summed E-state index contributed by atoms with van der Waals surface area (Å²) in [6, 6.07) is 1.92. The Balaban J connectivity index is 1.71. The predicted molar refractivity (Wildman–Crippen MR) is 104 cm³/mol. The van der Waals surface area contributed by atoms with Crippen molar-refractivity contribution in [3.05, 3.63) is 33.1 Å². The molecule has 6 nitrogen and oxygen atoms in total. The summed E-state index contributed by atoms with van der Waals surface area (Å²) >= 11 is 1.48. The molecule has 1 aliphatic rings. The first-order valence-electron chi connectivity index (χ1n) is 9.21. The molecule has 3 rings (SSSR count). The van der Waals surface area contributed by atoms with Crippen LogP contribution < -0.4 is 10.9 Å². The molecule has 2 aromatic rings. The third-order valence-electron chi connectivity index (χ3n) is 4.75. The first-order chi connectivity index (χ1) is 12.5. The molecule has 0 saturated carbocycles. The Bertz CT molecular complexity index is 884. The van der Waals surface area contributed by atoms with E-state index in [0.717, 1.165) is 35.4 Å². The number of amides is 2. The van der Waals surface area contributed by atoms with E-state index in [2.05, 4.69) is 5.32 Å². The lowest BCUT2D eigenvalue weighted by molar-refractivity contribution is -0.127. The topological polar surface area (TPSA) is 71.4 Å². The van der Waals surface area contributed by atoms with Crippen LogP contribution in [0, 0.1) is 6.92 Å². The van der Waals surface area contributed by atoms with Crippen LogP contribution in [0.3, 0.4) is 0 Å². The number of hydrogen-bond donors (Lipinski definition) is 1. The van der Waals surface area contributed by atoms with Gasteiger partial charge in [0, 0.05) is 48.4 Å². The largest absolute Gasteiger partial charge is 0.352 e. The van der Waals surface area contributed by atoms with Crippen LogP contribution in [0.25, 0.3) is 10.1 Å². The van der Waals surface area contributed by atoms with E-state index < -0.39 is 0 Å². The Morgan fingerprint density at radius 3 is 2.81 bits per heavy atom. The number of aromatic nitrogens is 1. The van der Waals surface area contributed by atoms with Crippen LogP contribution in [-0.4, -0.2) is 40.9 Å². The molecule has 1 fully saturated rings. The lowest BCUT2D eigenvalue weighted by Crippen LogP contribution is -2.31. The van der Waals surface area contributed by atoms with Crippen molar-refractivity contribution in [2.24, 2.45) is 0 Å². The molecule has 0 spiro atoms. The molecule has 2 aromatic heterocycles. The first-order valence-corrected chi connectivity index (χ1v) is 10.0. The zero-order valence-corrected chi connectivity index (χ0v) is 16.2. The molecule has 1 saturated heterocycles. The molecule has 0 radical (unpaired) electrons. The van der Waals surface area contributed by atoms with Crippen LogP contribution in [0.4, 0.5) is 0 Å². The zero-order chi connectivity index (χ0) is 18.7. The number of carbonyl (C=O) groups excluding carboxylic acids is 2. The third kappa shape index (κ3) is 3.67. The normalized spacial score (nSPS) is 14.4. The van der Waals surface area contributed by atoms with Crippen molar-refractivity contribution in [1.82, 2.24) is 14.8 Å². The number of hydrogen-bond acceptors (Lipinski definition) is 4. The number of carbonyl (C=O) groups is 2. The number of nitrogens with one attached hydrogen (secondary N) is 1. The van der Waals surface area contributed by atoms with Crippen LogP contribution in [0.5, 0.6) is 0 Å². The molecule has 0 atom stereocenters. The lowest BCUT2D eigenvalue weighted by Gasteiger charge is -2.15. The highest BCUT2D eigenvalue weighted by molar-refractivity contribution is 7.19. The van der Waals surface area contributed by atoms with Gasteiger partial charge in [-0.25, -0.2) is 0 Å². The Morgan fingerprint density at radius 2 is 2.12 bits per heavy atom. The highest BCUT2D eigenvalue weighted by atomic mass is 32.1. The van der Waals surface area contributed by atoms with Gasteiger partial charge in [0.1, 0.15) is 0 Å². The van der Waals surface area contributed by atoms with E-state index in [-0.39, 0.29) is 17.4 Å². The Morgan fingerprint density at radius 1 is 1.31 bits per heavy atom. The van der Waals surface area contributed by atoms with E-state index in [0.29, 0.717) is 37.0 Å². The minimum absolute atomic E-state index is 0.0958. The molecule has 1 N–H and O–H groups in total. The summed E-state index contributed by atoms with van der Waals surface area (Å²) in [4.78, 5) is 39.7. The van der Waals surface area contributed by atoms with Gasteiger partial charge in [-0.3, -0.25) is 14.4 Å². The molecule has 140 valence electrons. The quantitative estimate of drug-likeness (QED) is 0.756. The fourth-order valence-electron chi connectivity index (χ4n) is 3.46. The van der Waals surface area contributed by atoms with Crippen molar-refractivity contribution in [1.29, 1.82) is 0 Å². The second-order valence-corrected chi connectivity index (χ2v) is 7.94. The minimum atomic E-state index is -0.201. The maximum Gasteiger partial charge on any atom is 0.260 e. The van der Waals surface area contributed by atoms with Crippen LogP contribution in [0.15, 0.2) is 17.1 Å². The second-order valence-electron chi connectivity index (χ2n) is 6.68. The fraction of sp³-hybridized carbons (Fsp3) is 0.526. The van der Waals surface area contributed by atoms with Crippen LogP contribution in [-0.2, 0) is 11.3 Å². The predicted octanol–water partition coefficient (Wildman–Crippen LogP) is 2.52. The van der Waals surface area contributed by atoms with Crippen molar-refractivity contribution in [3.8, 4) is 0 Å². The summed E-state index contributed by atoms with van der Waals surface area (Å²) in [6.45, 7) is 6.54. The highest BCUT2D eigenvalue weighted by Gasteiger charge is 2.21. The molecule has 2 amide bonds. The number of likely N-dealkylation sites (tertiary alicyclic amines) is 1. The number of rotatable bonds is 7. The first kappa shape index (κ1) is 18.6. The average Bonchev–Trinajstić information content (AvgIpc) is 3.17. The summed E-state index contributed by atoms with van der Waals surface area (Å²) in [7, 11) is 0. The number of nitrogens with zero attached hydrogens (tertiary/aromatic N) is 2. The second kappa shape index (κ2) is 8.03. The zero-order valence-electron chi connectivity index (χ0n) is 15.3. The van der Waals surface area contributed by atoms with E-state index in [4.69, 9.17) is 0 Å². The van der Waals surface area contributed by atoms with Gasteiger partial charge >= 0.3 is 0 Å². The molecular weight excluding hydrogens is 350 g/mol. The molecular formula is C19H25N3O3S. The molecule has 1 aliphatic heterocycles. The number of fused-ring (bicyclic) bond motifs is 1. The van der Waals surface area contributed by atoms with Gasteiger partial charge in [-0.1, -0.05) is 6.92 Å². The monoisotopic (exact) mass is 375 g/mol. The van der Waals surface area contributed by atoms with Crippen molar-refractivity contribution >= 4 is 33.2 Å². The summed E-state index contributed by atoms with van der Waals surface area (Å²) in [5.41, 5.74) is 0.402.